The summed E-state index contributed by atoms with van der Waals surface area (Å²) in [4.78, 5) is 101. The van der Waals surface area contributed by atoms with Gasteiger partial charge in [0.2, 0.25) is 17.7 Å². The molecule has 0 unspecified atom stereocenters. The van der Waals surface area contributed by atoms with Gasteiger partial charge in [0.05, 0.1) is 71.3 Å². The van der Waals surface area contributed by atoms with Gasteiger partial charge in [0.25, 0.3) is 29.5 Å². The third-order valence-electron chi connectivity index (χ3n) is 17.9. The molecule has 1 aliphatic rings. The molecule has 0 aliphatic carbocycles. The lowest BCUT2D eigenvalue weighted by molar-refractivity contribution is -0.211. The number of aryl methyl sites for hydroxylation is 1. The molecule has 15 aromatic rings. The van der Waals surface area contributed by atoms with Crippen LogP contribution < -0.4 is 58.9 Å². The Morgan fingerprint density at radius 3 is 1.31 bits per heavy atom. The van der Waals surface area contributed by atoms with Gasteiger partial charge in [-0.25, -0.2) is 19.9 Å². The number of rotatable bonds is 41. The SMILES string of the molecule is C.Cc1ccnc(NCCCNC(=O)c2cc(-c3cccs3)[nH]n2)n1.O=C(NCCCN(CC1=CCN=C1)Cc1cnoc1)c1cc(-c2cccs2)[nH]n1.O=C(NCCCNCc1ccccn1)c1cc(-c2cccs2)[nH]n1.[NH2+]=Nc1ccnc(NCCCNC(=O)c2cc(-c3cccs3)[nH]n2)n1.[NH2+]=Nc1nccc(NCCCNC(=O)c2cc(-c3cccs3)[nH]n2)n1. The number of hydrogen-bond donors (Lipinski definition) is 16. The molecular weight excluding hydrogens is 1730 g/mol. The minimum Gasteiger partial charge on any atom is -0.370 e. The largest absolute Gasteiger partial charge is 0.370 e. The molecule has 5 amide bonds. The van der Waals surface area contributed by atoms with Crippen LogP contribution in [-0.4, -0.2) is 210 Å². The van der Waals surface area contributed by atoms with Gasteiger partial charge in [0, 0.05) is 137 Å². The van der Waals surface area contributed by atoms with E-state index < -0.39 is 0 Å². The van der Waals surface area contributed by atoms with E-state index in [1.54, 1.807) is 136 Å². The van der Waals surface area contributed by atoms with Crippen LogP contribution in [0.2, 0.25) is 0 Å². The summed E-state index contributed by atoms with van der Waals surface area (Å²) in [6.45, 7) is 11.3. The average Bonchev–Trinajstić information content (AvgIpc) is 1.71. The number of amides is 5. The highest BCUT2D eigenvalue weighted by Gasteiger charge is 2.19. The molecule has 662 valence electrons. The Balaban J connectivity index is 0.000000155. The van der Waals surface area contributed by atoms with Crippen LogP contribution in [0.25, 0.3) is 52.9 Å². The van der Waals surface area contributed by atoms with Gasteiger partial charge in [-0.15, -0.1) is 62.2 Å². The summed E-state index contributed by atoms with van der Waals surface area (Å²) >= 11 is 8.00. The zero-order valence-corrected chi connectivity index (χ0v) is 72.9. The fraction of sp³-hybridized carbons (Fsp3) is 0.250. The van der Waals surface area contributed by atoms with Crippen molar-refractivity contribution < 1.29 is 39.6 Å². The summed E-state index contributed by atoms with van der Waals surface area (Å²) in [6.07, 6.45) is 18.0. The van der Waals surface area contributed by atoms with Crippen molar-refractivity contribution in [2.24, 2.45) is 15.2 Å². The van der Waals surface area contributed by atoms with Gasteiger partial charge < -0.3 is 52.4 Å². The number of H-pyrrole nitrogens is 5. The Bertz CT molecular complexity index is 5730. The number of aromatic nitrogens is 18. The third-order valence-corrected chi connectivity index (χ3v) is 22.4. The number of aromatic amines is 5. The first-order valence-electron chi connectivity index (χ1n) is 40.1. The molecule has 0 atom stereocenters. The molecule has 1 aliphatic heterocycles. The van der Waals surface area contributed by atoms with Crippen molar-refractivity contribution in [1.82, 2.24) is 128 Å². The fourth-order valence-electron chi connectivity index (χ4n) is 11.6. The first kappa shape index (κ1) is 94.1. The highest BCUT2D eigenvalue weighted by atomic mass is 32.1. The van der Waals surface area contributed by atoms with Gasteiger partial charge in [0.1, 0.15) is 12.1 Å². The summed E-state index contributed by atoms with van der Waals surface area (Å²) in [6, 6.07) is 39.6. The molecule has 44 heteroatoms. The molecule has 0 bridgehead atoms. The first-order chi connectivity index (χ1) is 62.3. The second-order valence-corrected chi connectivity index (χ2v) is 32.1. The van der Waals surface area contributed by atoms with E-state index in [-0.39, 0.29) is 42.9 Å². The standard InChI is InChI=1S/C20H22N6O2S.C17H19N5OS.C16H18N6OS.2C15H16N8OS.CH4/c27-20(18-9-17(24-25-18)19-3-1-8-29-19)22-5-2-7-26(12-15-4-6-21-10-15)13-16-11-23-28-14-16;23-17(15-11-14(21-22-15)16-6-3-10-24-16)20-9-4-7-18-12-13-5-1-2-8-19-13;1-11-5-8-19-16(20-11)18-7-3-6-17-15(23)13-10-12(21-22-13)14-4-2-9-24-14;16-21-13-4-7-19-15(20-13)18-6-2-5-17-14(24)11-9-10(22-23-11)12-3-1-8-25-12;16-21-15-19-7-4-13(20-15)17-5-2-6-18-14(24)11-9-10(22-23-11)12-3-1-8-25-12;/h1,3-4,8-11,14H,2,5-7,12-13H2,(H,22,27)(H,24,25);1-3,5-6,8,10-11,18H,4,7,9,12H2,(H,20,23)(H,21,22);2,4-5,8-10H,3,6-7H2,1H3,(H,17,23)(H,21,22)(H,18,19,20);1,3-4,7-9,16H,2,5-6H2,(H,17,24)(H,22,23)(H,18,19,20);1,3-4,7-9,16H,2,5-6H2,(H,18,24)(H,22,23)(H,17,19,20);1H4/p+2. The zero-order chi connectivity index (χ0) is 88.3. The predicted molar refractivity (Wildman–Crippen MR) is 494 cm³/mol. The van der Waals surface area contributed by atoms with Crippen LogP contribution in [0.1, 0.15) is 109 Å². The predicted octanol–water partition coefficient (Wildman–Crippen LogP) is 10.3. The fourth-order valence-corrected chi connectivity index (χ4v) is 15.1. The van der Waals surface area contributed by atoms with E-state index in [2.05, 4.69) is 165 Å². The zero-order valence-electron chi connectivity index (χ0n) is 68.8. The highest BCUT2D eigenvalue weighted by molar-refractivity contribution is 7.14. The molecule has 39 nitrogen and oxygen atoms in total. The van der Waals surface area contributed by atoms with Crippen LogP contribution in [0.5, 0.6) is 0 Å². The van der Waals surface area contributed by atoms with Crippen molar-refractivity contribution in [2.45, 2.75) is 59.5 Å². The maximum absolute atomic E-state index is 12.4. The number of pyridine rings is 1. The number of carbonyl (C=O) groups excluding carboxylic acids is 5. The summed E-state index contributed by atoms with van der Waals surface area (Å²) in [5, 5.41) is 82.4. The van der Waals surface area contributed by atoms with E-state index in [4.69, 9.17) is 15.6 Å². The summed E-state index contributed by atoms with van der Waals surface area (Å²) in [7, 11) is 0. The topological polar surface area (TPSA) is 545 Å². The van der Waals surface area contributed by atoms with Crippen LogP contribution in [0.15, 0.2) is 223 Å². The Morgan fingerprint density at radius 2 is 0.906 bits per heavy atom. The quantitative estimate of drug-likeness (QED) is 0.0125. The molecule has 0 spiro atoms. The molecule has 0 aromatic carbocycles. The number of thiophene rings is 5. The monoisotopic (exact) mass is 1820 g/mol. The molecule has 0 radical (unpaired) electrons. The number of nitrogens with one attached hydrogen (secondary N) is 14. The Labute approximate surface area is 755 Å². The summed E-state index contributed by atoms with van der Waals surface area (Å²) in [5.74, 6) is 1.41. The van der Waals surface area contributed by atoms with Crippen LogP contribution in [0.3, 0.4) is 0 Å². The van der Waals surface area contributed by atoms with Gasteiger partial charge in [-0.3, -0.25) is 64.3 Å². The third kappa shape index (κ3) is 31.0. The number of nitrogens with zero attached hydrogens (tertiary/aromatic N) is 17. The van der Waals surface area contributed by atoms with Gasteiger partial charge in [-0.2, -0.15) is 41.0 Å². The van der Waals surface area contributed by atoms with Gasteiger partial charge in [-0.1, -0.05) is 55.1 Å². The number of anilines is 3. The number of nitrogens with two attached hydrogens (primary N) is 2. The van der Waals surface area contributed by atoms with Crippen molar-refractivity contribution in [1.29, 1.82) is 0 Å². The second-order valence-electron chi connectivity index (χ2n) is 27.3. The number of hydrogen-bond acceptors (Lipinski definition) is 32. The van der Waals surface area contributed by atoms with Gasteiger partial charge >= 0.3 is 5.95 Å². The van der Waals surface area contributed by atoms with Crippen molar-refractivity contribution in [3.8, 4) is 52.9 Å². The van der Waals surface area contributed by atoms with Crippen LogP contribution in [0, 0.1) is 6.92 Å². The maximum Gasteiger partial charge on any atom is 0.315 e. The molecule has 0 saturated heterocycles. The maximum atomic E-state index is 12.4. The van der Waals surface area contributed by atoms with E-state index in [1.807, 2.05) is 125 Å². The van der Waals surface area contributed by atoms with Crippen molar-refractivity contribution in [2.75, 3.05) is 94.5 Å². The van der Waals surface area contributed by atoms with Crippen molar-refractivity contribution in [3.63, 3.8) is 0 Å². The van der Waals surface area contributed by atoms with E-state index in [1.165, 1.54) is 5.57 Å². The molecular formula is C84H97N33O6S5+2. The first-order valence-corrected chi connectivity index (χ1v) is 44.5. The molecule has 16 heterocycles. The van der Waals surface area contributed by atoms with Crippen molar-refractivity contribution >= 4 is 122 Å². The minimum absolute atomic E-state index is 0. The number of carbonyl (C=O) groups is 5. The Hall–Kier alpha value is -14.6. The van der Waals surface area contributed by atoms with Crippen LogP contribution in [-0.2, 0) is 13.1 Å². The van der Waals surface area contributed by atoms with Gasteiger partial charge in [-0.05, 0) is 163 Å². The number of aliphatic imine (C=N–C) groups is 1. The van der Waals surface area contributed by atoms with Gasteiger partial charge in [0.15, 0.2) is 28.5 Å². The molecule has 0 saturated carbocycles. The molecule has 18 N–H and O–H groups in total. The van der Waals surface area contributed by atoms with E-state index in [0.717, 1.165) is 135 Å². The molecule has 15 aromatic heterocycles. The van der Waals surface area contributed by atoms with E-state index in [0.29, 0.717) is 111 Å². The molecule has 0 fully saturated rings. The summed E-state index contributed by atoms with van der Waals surface area (Å²) < 4.78 is 4.94. The minimum atomic E-state index is -0.209. The van der Waals surface area contributed by atoms with Crippen molar-refractivity contribution in [3.05, 3.63) is 249 Å². The Kier molecular flexibility index (Phi) is 38.0. The lowest BCUT2D eigenvalue weighted by Gasteiger charge is -2.21. The molecule has 128 heavy (non-hydrogen) atoms. The lowest BCUT2D eigenvalue weighted by Crippen LogP contribution is -2.31. The normalized spacial score (nSPS) is 11.0. The molecule has 16 rings (SSSR count). The average molecular weight is 1830 g/mol. The lowest BCUT2D eigenvalue weighted by atomic mass is 10.2. The van der Waals surface area contributed by atoms with E-state index in [9.17, 15) is 24.0 Å². The van der Waals surface area contributed by atoms with Crippen LogP contribution in [0.4, 0.5) is 29.5 Å². The highest BCUT2D eigenvalue weighted by Crippen LogP contribution is 2.28. The smallest absolute Gasteiger partial charge is 0.315 e. The summed E-state index contributed by atoms with van der Waals surface area (Å²) in [5.41, 5.74) is 20.7. The second kappa shape index (κ2) is 51.6. The Morgan fingerprint density at radius 1 is 0.461 bits per heavy atom. The van der Waals surface area contributed by atoms with E-state index >= 15 is 0 Å². The van der Waals surface area contributed by atoms with Crippen LogP contribution >= 0.6 is 56.7 Å².